The summed E-state index contributed by atoms with van der Waals surface area (Å²) >= 11 is 0. The van der Waals surface area contributed by atoms with E-state index in [-0.39, 0.29) is 24.0 Å². The zero-order valence-electron chi connectivity index (χ0n) is 19.8. The van der Waals surface area contributed by atoms with Gasteiger partial charge in [-0.15, -0.1) is 13.2 Å². The fourth-order valence-electron chi connectivity index (χ4n) is 5.74. The van der Waals surface area contributed by atoms with Gasteiger partial charge >= 0.3 is 0 Å². The smallest absolute Gasteiger partial charge is 0.138 e. The van der Waals surface area contributed by atoms with Crippen molar-refractivity contribution >= 4 is 5.78 Å². The van der Waals surface area contributed by atoms with E-state index >= 15 is 0 Å². The molecule has 0 spiro atoms. The third kappa shape index (κ3) is 5.38. The highest BCUT2D eigenvalue weighted by molar-refractivity contribution is 5.83. The van der Waals surface area contributed by atoms with E-state index < -0.39 is 5.60 Å². The zero-order valence-corrected chi connectivity index (χ0v) is 19.8. The summed E-state index contributed by atoms with van der Waals surface area (Å²) in [5.74, 6) is 1.48. The summed E-state index contributed by atoms with van der Waals surface area (Å²) in [5.41, 5.74) is 1.74. The minimum Gasteiger partial charge on any atom is -0.371 e. The molecule has 0 N–H and O–H groups in total. The summed E-state index contributed by atoms with van der Waals surface area (Å²) in [5, 5.41) is 0. The summed E-state index contributed by atoms with van der Waals surface area (Å²) < 4.78 is 13.4. The second-order valence-corrected chi connectivity index (χ2v) is 10.2. The molecule has 0 amide bonds. The molecule has 1 aromatic carbocycles. The molecule has 2 aliphatic rings. The van der Waals surface area contributed by atoms with Gasteiger partial charge in [0.25, 0.3) is 0 Å². The molecule has 6 atom stereocenters. The molecule has 1 saturated heterocycles. The number of ether oxygens (including phenoxy) is 2. The monoisotopic (exact) mass is 424 g/mol. The molecule has 31 heavy (non-hydrogen) atoms. The lowest BCUT2D eigenvalue weighted by molar-refractivity contribution is -0.158. The van der Waals surface area contributed by atoms with Crippen LogP contribution in [0, 0.1) is 23.7 Å². The van der Waals surface area contributed by atoms with Crippen molar-refractivity contribution in [2.45, 2.75) is 84.2 Å². The van der Waals surface area contributed by atoms with Gasteiger partial charge < -0.3 is 9.47 Å². The normalized spacial score (nSPS) is 30.1. The minimum atomic E-state index is -0.485. The average Bonchev–Trinajstić information content (AvgIpc) is 3.11. The van der Waals surface area contributed by atoms with Gasteiger partial charge in [0.1, 0.15) is 5.78 Å². The average molecular weight is 425 g/mol. The first-order valence-electron chi connectivity index (χ1n) is 11.9. The Morgan fingerprint density at radius 3 is 2.65 bits per heavy atom. The Labute approximate surface area is 188 Å². The first-order valence-corrected chi connectivity index (χ1v) is 11.9. The largest absolute Gasteiger partial charge is 0.371 e. The number of fused-ring (bicyclic) bond motifs is 1. The van der Waals surface area contributed by atoms with E-state index in [9.17, 15) is 4.79 Å². The van der Waals surface area contributed by atoms with Crippen molar-refractivity contribution in [2.24, 2.45) is 23.7 Å². The molecule has 3 rings (SSSR count). The van der Waals surface area contributed by atoms with Gasteiger partial charge in [-0.05, 0) is 56.9 Å². The van der Waals surface area contributed by atoms with Crippen molar-refractivity contribution in [1.82, 2.24) is 0 Å². The molecule has 170 valence electrons. The Balaban J connectivity index is 1.94. The molecular formula is C28H40O3. The molecule has 3 heteroatoms. The Morgan fingerprint density at radius 1 is 1.32 bits per heavy atom. The van der Waals surface area contributed by atoms with Crippen LogP contribution in [-0.2, 0) is 20.9 Å². The second kappa shape index (κ2) is 10.3. The van der Waals surface area contributed by atoms with E-state index in [0.29, 0.717) is 30.6 Å². The van der Waals surface area contributed by atoms with Gasteiger partial charge in [0.15, 0.2) is 0 Å². The molecule has 1 aliphatic heterocycles. The predicted octanol–water partition coefficient (Wildman–Crippen LogP) is 6.53. The lowest BCUT2D eigenvalue weighted by Gasteiger charge is -2.44. The lowest BCUT2D eigenvalue weighted by Crippen LogP contribution is -2.50. The van der Waals surface area contributed by atoms with E-state index in [1.165, 1.54) is 0 Å². The third-order valence-corrected chi connectivity index (χ3v) is 7.34. The first-order chi connectivity index (χ1) is 14.8. The topological polar surface area (TPSA) is 35.5 Å². The summed E-state index contributed by atoms with van der Waals surface area (Å²) in [7, 11) is 0. The van der Waals surface area contributed by atoms with Gasteiger partial charge in [0.05, 0.1) is 24.4 Å². The van der Waals surface area contributed by atoms with Crippen LogP contribution in [0.2, 0.25) is 0 Å². The molecule has 2 fully saturated rings. The van der Waals surface area contributed by atoms with E-state index in [1.807, 2.05) is 31.2 Å². The van der Waals surface area contributed by atoms with Gasteiger partial charge in [-0.2, -0.15) is 0 Å². The van der Waals surface area contributed by atoms with Gasteiger partial charge in [-0.3, -0.25) is 4.79 Å². The van der Waals surface area contributed by atoms with E-state index in [1.54, 1.807) is 0 Å². The summed E-state index contributed by atoms with van der Waals surface area (Å²) in [6, 6.07) is 10.3. The van der Waals surface area contributed by atoms with Gasteiger partial charge in [0, 0.05) is 18.3 Å². The maximum Gasteiger partial charge on any atom is 0.138 e. The molecule has 3 nitrogen and oxygen atoms in total. The van der Waals surface area contributed by atoms with Crippen LogP contribution in [0.5, 0.6) is 0 Å². The Bertz CT molecular complexity index is 768. The molecule has 1 heterocycles. The van der Waals surface area contributed by atoms with Crippen molar-refractivity contribution in [3.05, 3.63) is 60.7 Å². The van der Waals surface area contributed by atoms with Crippen molar-refractivity contribution < 1.29 is 14.3 Å². The summed E-state index contributed by atoms with van der Waals surface area (Å²) in [6.07, 6.45) is 5.80. The minimum absolute atomic E-state index is 0.0498. The van der Waals surface area contributed by atoms with E-state index in [4.69, 9.17) is 9.47 Å². The molecule has 0 aromatic heterocycles. The molecule has 0 bridgehead atoms. The summed E-state index contributed by atoms with van der Waals surface area (Å²) in [6.45, 7) is 17.4. The maximum atomic E-state index is 13.1. The van der Waals surface area contributed by atoms with Crippen LogP contribution in [0.4, 0.5) is 0 Å². The van der Waals surface area contributed by atoms with Crippen LogP contribution in [0.15, 0.2) is 55.1 Å². The van der Waals surface area contributed by atoms with Gasteiger partial charge in [0.2, 0.25) is 0 Å². The number of carbonyl (C=O) groups excluding carboxylic acids is 1. The molecule has 0 radical (unpaired) electrons. The molecule has 1 saturated carbocycles. The highest BCUT2D eigenvalue weighted by atomic mass is 16.6. The Morgan fingerprint density at radius 2 is 2.03 bits per heavy atom. The number of Topliss-reactive ketones (excluding diaryl/α,β-unsaturated/α-hetero) is 1. The predicted molar refractivity (Wildman–Crippen MR) is 127 cm³/mol. The van der Waals surface area contributed by atoms with Crippen molar-refractivity contribution in [1.29, 1.82) is 0 Å². The lowest BCUT2D eigenvalue weighted by atomic mass is 9.62. The molecule has 0 unspecified atom stereocenters. The molecule has 1 aliphatic carbocycles. The molecular weight excluding hydrogens is 384 g/mol. The van der Waals surface area contributed by atoms with Crippen LogP contribution in [0.25, 0.3) is 0 Å². The SMILES string of the molecule is C=CCC[C@@](C)(OCc1ccccc1)[C@H]1O[C@@H](CC(=C)C)[C@H]2C(=O)CC[C@H](C(C)C)[C@H]21. The number of hydrogen-bond donors (Lipinski definition) is 0. The van der Waals surface area contributed by atoms with E-state index in [2.05, 4.69) is 46.1 Å². The highest BCUT2D eigenvalue weighted by Gasteiger charge is 2.58. The van der Waals surface area contributed by atoms with Crippen LogP contribution in [0.1, 0.15) is 65.4 Å². The van der Waals surface area contributed by atoms with Crippen LogP contribution >= 0.6 is 0 Å². The Kier molecular flexibility index (Phi) is 7.93. The van der Waals surface area contributed by atoms with Gasteiger partial charge in [-0.25, -0.2) is 0 Å². The highest BCUT2D eigenvalue weighted by Crippen LogP contribution is 2.52. The number of carbonyl (C=O) groups is 1. The molecule has 1 aromatic rings. The third-order valence-electron chi connectivity index (χ3n) is 7.34. The maximum absolute atomic E-state index is 13.1. The van der Waals surface area contributed by atoms with Crippen LogP contribution in [-0.4, -0.2) is 23.6 Å². The number of allylic oxidation sites excluding steroid dienone is 1. The van der Waals surface area contributed by atoms with Gasteiger partial charge in [-0.1, -0.05) is 55.8 Å². The fourth-order valence-corrected chi connectivity index (χ4v) is 5.74. The Hall–Kier alpha value is -1.71. The standard InChI is InChI=1S/C28H40O3/c1-7-8-16-28(6,30-18-21-12-10-9-11-13-21)27-25-22(20(4)5)14-15-23(29)26(25)24(31-27)17-19(2)3/h7,9-13,20,22,24-27H,1-2,8,14-18H2,3-6H3/t22-,24+,25-,26-,27+,28-/m1/s1. The number of hydrogen-bond acceptors (Lipinski definition) is 3. The quantitative estimate of drug-likeness (QED) is 0.401. The van der Waals surface area contributed by atoms with Crippen molar-refractivity contribution in [3.8, 4) is 0 Å². The van der Waals surface area contributed by atoms with E-state index in [0.717, 1.165) is 36.8 Å². The van der Waals surface area contributed by atoms with Crippen LogP contribution in [0.3, 0.4) is 0 Å². The number of benzene rings is 1. The first kappa shape index (κ1) is 23.9. The zero-order chi connectivity index (χ0) is 22.6. The second-order valence-electron chi connectivity index (χ2n) is 10.2. The van der Waals surface area contributed by atoms with Crippen molar-refractivity contribution in [3.63, 3.8) is 0 Å². The number of rotatable bonds is 10. The fraction of sp³-hybridized carbons (Fsp3) is 0.607. The van der Waals surface area contributed by atoms with Crippen molar-refractivity contribution in [2.75, 3.05) is 0 Å². The summed E-state index contributed by atoms with van der Waals surface area (Å²) in [4.78, 5) is 13.1. The number of ketones is 1. The van der Waals surface area contributed by atoms with Crippen LogP contribution < -0.4 is 0 Å².